The summed E-state index contributed by atoms with van der Waals surface area (Å²) in [7, 11) is 1.63. The predicted octanol–water partition coefficient (Wildman–Crippen LogP) is 3.10. The summed E-state index contributed by atoms with van der Waals surface area (Å²) in [5.74, 6) is 1.54. The molecule has 19 heavy (non-hydrogen) atoms. The van der Waals surface area contributed by atoms with Gasteiger partial charge in [0, 0.05) is 24.0 Å². The third-order valence-electron chi connectivity index (χ3n) is 2.69. The molecular formula is C15H18N2O2. The Hall–Kier alpha value is -2.23. The van der Waals surface area contributed by atoms with Crippen molar-refractivity contribution in [1.82, 2.24) is 4.98 Å². The molecule has 1 aromatic heterocycles. The standard InChI is InChI=1S/C15H18N2O2/c1-3-19-14-8-6-13(7-9-14)17-11-12-5-4-10-16-15(12)18-2/h4-10,17H,3,11H2,1-2H3. The second kappa shape index (κ2) is 6.64. The summed E-state index contributed by atoms with van der Waals surface area (Å²) in [4.78, 5) is 4.17. The van der Waals surface area contributed by atoms with Gasteiger partial charge in [-0.25, -0.2) is 4.98 Å². The van der Waals surface area contributed by atoms with Crippen molar-refractivity contribution in [1.29, 1.82) is 0 Å². The first-order chi connectivity index (χ1) is 9.33. The van der Waals surface area contributed by atoms with E-state index in [1.165, 1.54) is 0 Å². The van der Waals surface area contributed by atoms with E-state index in [1.807, 2.05) is 43.3 Å². The van der Waals surface area contributed by atoms with Crippen LogP contribution in [0.3, 0.4) is 0 Å². The van der Waals surface area contributed by atoms with E-state index in [-0.39, 0.29) is 0 Å². The third kappa shape index (κ3) is 3.61. The Morgan fingerprint density at radius 3 is 2.63 bits per heavy atom. The van der Waals surface area contributed by atoms with E-state index in [0.717, 1.165) is 17.0 Å². The summed E-state index contributed by atoms with van der Waals surface area (Å²) in [5, 5.41) is 3.33. The number of hydrogen-bond donors (Lipinski definition) is 1. The van der Waals surface area contributed by atoms with E-state index < -0.39 is 0 Å². The number of anilines is 1. The second-order valence-electron chi connectivity index (χ2n) is 3.98. The number of pyridine rings is 1. The average molecular weight is 258 g/mol. The number of nitrogens with zero attached hydrogens (tertiary/aromatic N) is 1. The SMILES string of the molecule is CCOc1ccc(NCc2cccnc2OC)cc1. The highest BCUT2D eigenvalue weighted by Gasteiger charge is 2.02. The van der Waals surface area contributed by atoms with Crippen LogP contribution in [0.5, 0.6) is 11.6 Å². The van der Waals surface area contributed by atoms with Crippen LogP contribution >= 0.6 is 0 Å². The van der Waals surface area contributed by atoms with Gasteiger partial charge in [0.05, 0.1) is 13.7 Å². The van der Waals surface area contributed by atoms with E-state index in [2.05, 4.69) is 10.3 Å². The number of ether oxygens (including phenoxy) is 2. The van der Waals surface area contributed by atoms with Gasteiger partial charge in [-0.2, -0.15) is 0 Å². The minimum absolute atomic E-state index is 0.654. The third-order valence-corrected chi connectivity index (χ3v) is 2.69. The lowest BCUT2D eigenvalue weighted by atomic mass is 10.2. The van der Waals surface area contributed by atoms with E-state index in [4.69, 9.17) is 9.47 Å². The number of nitrogens with one attached hydrogen (secondary N) is 1. The molecule has 0 radical (unpaired) electrons. The van der Waals surface area contributed by atoms with Crippen molar-refractivity contribution < 1.29 is 9.47 Å². The Labute approximate surface area is 113 Å². The molecule has 0 amide bonds. The van der Waals surface area contributed by atoms with Crippen LogP contribution in [0.2, 0.25) is 0 Å². The fourth-order valence-electron chi connectivity index (χ4n) is 1.78. The van der Waals surface area contributed by atoms with Crippen molar-refractivity contribution in [2.75, 3.05) is 19.0 Å². The van der Waals surface area contributed by atoms with Crippen molar-refractivity contribution in [3.8, 4) is 11.6 Å². The highest BCUT2D eigenvalue weighted by atomic mass is 16.5. The Bertz CT molecular complexity index is 512. The van der Waals surface area contributed by atoms with Crippen LogP contribution in [0.25, 0.3) is 0 Å². The zero-order valence-corrected chi connectivity index (χ0v) is 11.2. The lowest BCUT2D eigenvalue weighted by molar-refractivity contribution is 0.340. The molecule has 0 atom stereocenters. The van der Waals surface area contributed by atoms with Gasteiger partial charge in [0.1, 0.15) is 5.75 Å². The Balaban J connectivity index is 1.98. The molecule has 4 heteroatoms. The first-order valence-corrected chi connectivity index (χ1v) is 6.28. The molecule has 4 nitrogen and oxygen atoms in total. The summed E-state index contributed by atoms with van der Waals surface area (Å²) in [6.07, 6.45) is 1.72. The molecule has 0 aliphatic heterocycles. The smallest absolute Gasteiger partial charge is 0.218 e. The van der Waals surface area contributed by atoms with Crippen molar-refractivity contribution >= 4 is 5.69 Å². The molecule has 0 saturated carbocycles. The molecule has 0 fully saturated rings. The van der Waals surface area contributed by atoms with Crippen LogP contribution in [0.15, 0.2) is 42.6 Å². The zero-order valence-electron chi connectivity index (χ0n) is 11.2. The number of hydrogen-bond acceptors (Lipinski definition) is 4. The fourth-order valence-corrected chi connectivity index (χ4v) is 1.78. The molecule has 0 aliphatic rings. The summed E-state index contributed by atoms with van der Waals surface area (Å²) in [5.41, 5.74) is 2.06. The van der Waals surface area contributed by atoms with Gasteiger partial charge in [-0.05, 0) is 37.3 Å². The van der Waals surface area contributed by atoms with Crippen LogP contribution in [-0.4, -0.2) is 18.7 Å². The maximum absolute atomic E-state index is 5.40. The van der Waals surface area contributed by atoms with Crippen molar-refractivity contribution in [3.63, 3.8) is 0 Å². The lowest BCUT2D eigenvalue weighted by Gasteiger charge is -2.10. The Kier molecular flexibility index (Phi) is 4.61. The van der Waals surface area contributed by atoms with E-state index in [9.17, 15) is 0 Å². The number of rotatable bonds is 6. The maximum atomic E-state index is 5.40. The normalized spacial score (nSPS) is 10.0. The molecule has 0 aliphatic carbocycles. The maximum Gasteiger partial charge on any atom is 0.218 e. The van der Waals surface area contributed by atoms with Crippen LogP contribution in [0, 0.1) is 0 Å². The summed E-state index contributed by atoms with van der Waals surface area (Å²) in [6, 6.07) is 11.8. The van der Waals surface area contributed by atoms with E-state index >= 15 is 0 Å². The summed E-state index contributed by atoms with van der Waals surface area (Å²) < 4.78 is 10.6. The largest absolute Gasteiger partial charge is 0.494 e. The first kappa shape index (κ1) is 13.2. The molecule has 0 spiro atoms. The van der Waals surface area contributed by atoms with Gasteiger partial charge in [-0.15, -0.1) is 0 Å². The monoisotopic (exact) mass is 258 g/mol. The highest BCUT2D eigenvalue weighted by molar-refractivity contribution is 5.47. The topological polar surface area (TPSA) is 43.4 Å². The molecule has 1 aromatic carbocycles. The summed E-state index contributed by atoms with van der Waals surface area (Å²) in [6.45, 7) is 3.32. The Morgan fingerprint density at radius 2 is 1.95 bits per heavy atom. The minimum atomic E-state index is 0.654. The molecular weight excluding hydrogens is 240 g/mol. The first-order valence-electron chi connectivity index (χ1n) is 6.28. The number of methoxy groups -OCH3 is 1. The van der Waals surface area contributed by atoms with Crippen molar-refractivity contribution in [3.05, 3.63) is 48.2 Å². The average Bonchev–Trinajstić information content (AvgIpc) is 2.47. The molecule has 2 aromatic rings. The van der Waals surface area contributed by atoms with Gasteiger partial charge < -0.3 is 14.8 Å². The zero-order chi connectivity index (χ0) is 13.5. The molecule has 1 N–H and O–H groups in total. The fraction of sp³-hybridized carbons (Fsp3) is 0.267. The van der Waals surface area contributed by atoms with Gasteiger partial charge in [0.2, 0.25) is 5.88 Å². The second-order valence-corrected chi connectivity index (χ2v) is 3.98. The van der Waals surface area contributed by atoms with Gasteiger partial charge in [0.25, 0.3) is 0 Å². The van der Waals surface area contributed by atoms with E-state index in [0.29, 0.717) is 19.0 Å². The molecule has 0 unspecified atom stereocenters. The van der Waals surface area contributed by atoms with Gasteiger partial charge in [-0.1, -0.05) is 6.07 Å². The predicted molar refractivity (Wildman–Crippen MR) is 75.7 cm³/mol. The molecule has 0 bridgehead atoms. The molecule has 2 rings (SSSR count). The van der Waals surface area contributed by atoms with Crippen LogP contribution in [0.1, 0.15) is 12.5 Å². The van der Waals surface area contributed by atoms with Gasteiger partial charge >= 0.3 is 0 Å². The number of aromatic nitrogens is 1. The van der Waals surface area contributed by atoms with Crippen molar-refractivity contribution in [2.24, 2.45) is 0 Å². The van der Waals surface area contributed by atoms with Crippen LogP contribution in [0.4, 0.5) is 5.69 Å². The van der Waals surface area contributed by atoms with Crippen molar-refractivity contribution in [2.45, 2.75) is 13.5 Å². The Morgan fingerprint density at radius 1 is 1.16 bits per heavy atom. The van der Waals surface area contributed by atoms with Gasteiger partial charge in [-0.3, -0.25) is 0 Å². The quantitative estimate of drug-likeness (QED) is 0.864. The highest BCUT2D eigenvalue weighted by Crippen LogP contribution is 2.18. The lowest BCUT2D eigenvalue weighted by Crippen LogP contribution is -2.02. The number of benzene rings is 1. The van der Waals surface area contributed by atoms with Crippen LogP contribution < -0.4 is 14.8 Å². The molecule has 1 heterocycles. The van der Waals surface area contributed by atoms with E-state index in [1.54, 1.807) is 13.3 Å². The molecule has 100 valence electrons. The molecule has 0 saturated heterocycles. The summed E-state index contributed by atoms with van der Waals surface area (Å²) >= 11 is 0. The van der Waals surface area contributed by atoms with Gasteiger partial charge in [0.15, 0.2) is 0 Å². The minimum Gasteiger partial charge on any atom is -0.494 e. The van der Waals surface area contributed by atoms with Crippen LogP contribution in [-0.2, 0) is 6.54 Å².